The quantitative estimate of drug-likeness (QED) is 0.829. The summed E-state index contributed by atoms with van der Waals surface area (Å²) in [4.78, 5) is 0. The highest BCUT2D eigenvalue weighted by molar-refractivity contribution is 5.29. The Morgan fingerprint density at radius 2 is 2.20 bits per heavy atom. The zero-order valence-corrected chi connectivity index (χ0v) is 12.7. The Labute approximate surface area is 120 Å². The van der Waals surface area contributed by atoms with Crippen LogP contribution < -0.4 is 10.1 Å². The third-order valence-electron chi connectivity index (χ3n) is 3.12. The summed E-state index contributed by atoms with van der Waals surface area (Å²) in [7, 11) is 0. The molecule has 1 N–H and O–H groups in total. The van der Waals surface area contributed by atoms with Crippen molar-refractivity contribution in [2.75, 3.05) is 6.54 Å². The van der Waals surface area contributed by atoms with Crippen LogP contribution in [0.2, 0.25) is 0 Å². The fourth-order valence-corrected chi connectivity index (χ4v) is 2.09. The molecule has 0 heterocycles. The molecular formula is C16H23FN2O. The summed E-state index contributed by atoms with van der Waals surface area (Å²) in [6.07, 6.45) is 1.20. The van der Waals surface area contributed by atoms with Gasteiger partial charge in [-0.25, -0.2) is 4.39 Å². The van der Waals surface area contributed by atoms with E-state index in [0.717, 1.165) is 18.5 Å². The maximum Gasteiger partial charge on any atom is 0.165 e. The second-order valence-electron chi connectivity index (χ2n) is 5.44. The number of hydrogen-bond donors (Lipinski definition) is 1. The summed E-state index contributed by atoms with van der Waals surface area (Å²) in [6.45, 7) is 8.40. The summed E-state index contributed by atoms with van der Waals surface area (Å²) in [6, 6.07) is 7.05. The molecule has 20 heavy (non-hydrogen) atoms. The van der Waals surface area contributed by atoms with Crippen LogP contribution in [0.3, 0.4) is 0 Å². The minimum absolute atomic E-state index is 0.244. The summed E-state index contributed by atoms with van der Waals surface area (Å²) in [5.41, 5.74) is 0.288. The number of benzene rings is 1. The summed E-state index contributed by atoms with van der Waals surface area (Å²) in [5, 5.41) is 12.5. The van der Waals surface area contributed by atoms with Gasteiger partial charge in [-0.3, -0.25) is 5.32 Å². The average molecular weight is 278 g/mol. The van der Waals surface area contributed by atoms with Crippen molar-refractivity contribution in [3.05, 3.63) is 29.6 Å². The Kier molecular flexibility index (Phi) is 5.97. The first-order valence-electron chi connectivity index (χ1n) is 6.99. The van der Waals surface area contributed by atoms with Gasteiger partial charge in [0.2, 0.25) is 0 Å². The lowest BCUT2D eigenvalue weighted by Gasteiger charge is -2.27. The molecule has 2 unspecified atom stereocenters. The van der Waals surface area contributed by atoms with E-state index < -0.39 is 5.54 Å². The van der Waals surface area contributed by atoms with Crippen LogP contribution in [0.5, 0.6) is 5.75 Å². The molecule has 1 aromatic carbocycles. The molecule has 0 aliphatic heterocycles. The number of nitriles is 1. The highest BCUT2D eigenvalue weighted by atomic mass is 19.1. The van der Waals surface area contributed by atoms with Gasteiger partial charge in [0.25, 0.3) is 0 Å². The van der Waals surface area contributed by atoms with E-state index in [-0.39, 0.29) is 17.7 Å². The van der Waals surface area contributed by atoms with Gasteiger partial charge in [-0.2, -0.15) is 5.26 Å². The average Bonchev–Trinajstić information content (AvgIpc) is 2.40. The van der Waals surface area contributed by atoms with E-state index in [1.807, 2.05) is 27.7 Å². The van der Waals surface area contributed by atoms with Crippen LogP contribution in [0.15, 0.2) is 18.2 Å². The topological polar surface area (TPSA) is 45.0 Å². The first kappa shape index (κ1) is 16.5. The van der Waals surface area contributed by atoms with E-state index in [0.29, 0.717) is 6.42 Å². The van der Waals surface area contributed by atoms with Crippen LogP contribution in [0.25, 0.3) is 0 Å². The molecule has 0 saturated carbocycles. The Hall–Kier alpha value is -1.60. The second kappa shape index (κ2) is 7.25. The Balaban J connectivity index is 2.69. The molecule has 1 rings (SSSR count). The summed E-state index contributed by atoms with van der Waals surface area (Å²) < 4.78 is 19.3. The predicted molar refractivity (Wildman–Crippen MR) is 78.2 cm³/mol. The molecule has 0 bridgehead atoms. The first-order chi connectivity index (χ1) is 9.40. The molecule has 0 amide bonds. The summed E-state index contributed by atoms with van der Waals surface area (Å²) in [5.74, 6) is -0.129. The SMILES string of the molecule is CCCNC(C)(C#N)CC(C)Oc1cc(C)ccc1F. The Morgan fingerprint density at radius 1 is 1.50 bits per heavy atom. The van der Waals surface area contributed by atoms with E-state index in [1.165, 1.54) is 6.07 Å². The number of nitrogens with zero attached hydrogens (tertiary/aromatic N) is 1. The third kappa shape index (κ3) is 4.82. The molecule has 0 radical (unpaired) electrons. The summed E-state index contributed by atoms with van der Waals surface area (Å²) >= 11 is 0. The first-order valence-corrected chi connectivity index (χ1v) is 6.99. The number of ether oxygens (including phenoxy) is 1. The van der Waals surface area contributed by atoms with Crippen molar-refractivity contribution < 1.29 is 9.13 Å². The van der Waals surface area contributed by atoms with E-state index in [1.54, 1.807) is 12.1 Å². The lowest BCUT2D eigenvalue weighted by Crippen LogP contribution is -2.44. The van der Waals surface area contributed by atoms with Crippen molar-refractivity contribution in [2.45, 2.75) is 52.2 Å². The molecular weight excluding hydrogens is 255 g/mol. The molecule has 110 valence electrons. The van der Waals surface area contributed by atoms with Gasteiger partial charge in [0.15, 0.2) is 11.6 Å². The number of nitrogens with one attached hydrogen (secondary N) is 1. The highest BCUT2D eigenvalue weighted by Gasteiger charge is 2.26. The van der Waals surface area contributed by atoms with Gasteiger partial charge in [0.05, 0.1) is 12.2 Å². The lowest BCUT2D eigenvalue weighted by molar-refractivity contribution is 0.173. The van der Waals surface area contributed by atoms with Crippen molar-refractivity contribution in [2.24, 2.45) is 0 Å². The monoisotopic (exact) mass is 278 g/mol. The third-order valence-corrected chi connectivity index (χ3v) is 3.12. The van der Waals surface area contributed by atoms with Crippen molar-refractivity contribution in [1.82, 2.24) is 5.32 Å². The van der Waals surface area contributed by atoms with Crippen LogP contribution in [0, 0.1) is 24.1 Å². The number of aryl methyl sites for hydroxylation is 1. The van der Waals surface area contributed by atoms with E-state index in [9.17, 15) is 9.65 Å². The van der Waals surface area contributed by atoms with E-state index >= 15 is 0 Å². The van der Waals surface area contributed by atoms with E-state index in [2.05, 4.69) is 11.4 Å². The van der Waals surface area contributed by atoms with Crippen LogP contribution >= 0.6 is 0 Å². The van der Waals surface area contributed by atoms with Crippen LogP contribution in [0.1, 0.15) is 39.2 Å². The standard InChI is InChI=1S/C16H23FN2O/c1-5-8-19-16(4,11-18)10-13(3)20-15-9-12(2)6-7-14(15)17/h6-7,9,13,19H,5,8,10H2,1-4H3. The van der Waals surface area contributed by atoms with E-state index in [4.69, 9.17) is 4.74 Å². The molecule has 2 atom stereocenters. The molecule has 0 aliphatic rings. The van der Waals surface area contributed by atoms with Gasteiger partial charge < -0.3 is 4.74 Å². The molecule has 3 nitrogen and oxygen atoms in total. The zero-order valence-electron chi connectivity index (χ0n) is 12.7. The van der Waals surface area contributed by atoms with Gasteiger partial charge in [-0.05, 0) is 51.4 Å². The minimum atomic E-state index is -0.657. The van der Waals surface area contributed by atoms with Crippen LogP contribution in [-0.2, 0) is 0 Å². The fourth-order valence-electron chi connectivity index (χ4n) is 2.09. The zero-order chi connectivity index (χ0) is 15.2. The minimum Gasteiger partial charge on any atom is -0.488 e. The molecule has 4 heteroatoms. The van der Waals surface area contributed by atoms with Crippen molar-refractivity contribution >= 4 is 0 Å². The highest BCUT2D eigenvalue weighted by Crippen LogP contribution is 2.22. The largest absolute Gasteiger partial charge is 0.488 e. The molecule has 0 aliphatic carbocycles. The normalized spacial score (nSPS) is 15.2. The van der Waals surface area contributed by atoms with Crippen molar-refractivity contribution in [3.8, 4) is 11.8 Å². The van der Waals surface area contributed by atoms with Gasteiger partial charge in [0.1, 0.15) is 5.54 Å². The lowest BCUT2D eigenvalue weighted by atomic mass is 9.96. The van der Waals surface area contributed by atoms with Crippen LogP contribution in [0.4, 0.5) is 4.39 Å². The van der Waals surface area contributed by atoms with Crippen molar-refractivity contribution in [1.29, 1.82) is 5.26 Å². The maximum absolute atomic E-state index is 13.6. The van der Waals surface area contributed by atoms with Crippen molar-refractivity contribution in [3.63, 3.8) is 0 Å². The predicted octanol–water partition coefficient (Wildman–Crippen LogP) is 3.57. The van der Waals surface area contributed by atoms with Gasteiger partial charge in [-0.1, -0.05) is 13.0 Å². The molecule has 1 aromatic rings. The number of halogens is 1. The molecule has 0 saturated heterocycles. The fraction of sp³-hybridized carbons (Fsp3) is 0.562. The maximum atomic E-state index is 13.6. The van der Waals surface area contributed by atoms with Crippen LogP contribution in [-0.4, -0.2) is 18.2 Å². The second-order valence-corrected chi connectivity index (χ2v) is 5.44. The van der Waals surface area contributed by atoms with Gasteiger partial charge in [-0.15, -0.1) is 0 Å². The smallest absolute Gasteiger partial charge is 0.165 e. The number of rotatable bonds is 7. The number of hydrogen-bond acceptors (Lipinski definition) is 3. The molecule has 0 aromatic heterocycles. The molecule has 0 spiro atoms. The Morgan fingerprint density at radius 3 is 2.80 bits per heavy atom. The van der Waals surface area contributed by atoms with Gasteiger partial charge in [0, 0.05) is 6.42 Å². The Bertz CT molecular complexity index is 484. The molecule has 0 fully saturated rings. The van der Waals surface area contributed by atoms with Gasteiger partial charge >= 0.3 is 0 Å².